The van der Waals surface area contributed by atoms with E-state index in [1.807, 2.05) is 37.3 Å². The molecule has 0 fully saturated rings. The maximum Gasteiger partial charge on any atom is 0.203 e. The summed E-state index contributed by atoms with van der Waals surface area (Å²) in [7, 11) is -3.39. The Morgan fingerprint density at radius 2 is 1.84 bits per heavy atom. The highest BCUT2D eigenvalue weighted by atomic mass is 32.2. The number of nitrogens with two attached hydrogens (primary N) is 1. The second-order valence-corrected chi connectivity index (χ2v) is 8.31. The van der Waals surface area contributed by atoms with Gasteiger partial charge < -0.3 is 11.1 Å². The van der Waals surface area contributed by atoms with Gasteiger partial charge in [-0.2, -0.15) is 0 Å². The highest BCUT2D eigenvalue weighted by Gasteiger charge is 2.27. The third-order valence-corrected chi connectivity index (χ3v) is 6.37. The molecular formula is C19H17N3O2S. The Balaban J connectivity index is 1.90. The molecule has 2 heterocycles. The zero-order valence-corrected chi connectivity index (χ0v) is 14.7. The van der Waals surface area contributed by atoms with E-state index in [1.165, 1.54) is 0 Å². The van der Waals surface area contributed by atoms with E-state index in [-0.39, 0.29) is 0 Å². The second kappa shape index (κ2) is 5.32. The van der Waals surface area contributed by atoms with Gasteiger partial charge in [0.15, 0.2) is 0 Å². The van der Waals surface area contributed by atoms with Gasteiger partial charge in [0.25, 0.3) is 0 Å². The average molecular weight is 351 g/mol. The maximum atomic E-state index is 12.5. The number of hydrogen-bond donors (Lipinski definition) is 2. The van der Waals surface area contributed by atoms with Crippen LogP contribution in [0.15, 0.2) is 52.4 Å². The van der Waals surface area contributed by atoms with E-state index in [9.17, 15) is 8.42 Å². The lowest BCUT2D eigenvalue weighted by atomic mass is 10.1. The van der Waals surface area contributed by atoms with Crippen LogP contribution in [0.25, 0.3) is 17.0 Å². The van der Waals surface area contributed by atoms with Gasteiger partial charge >= 0.3 is 0 Å². The van der Waals surface area contributed by atoms with Gasteiger partial charge in [-0.25, -0.2) is 8.42 Å². The lowest BCUT2D eigenvalue weighted by Crippen LogP contribution is -2.00. The molecule has 6 heteroatoms. The largest absolute Gasteiger partial charge is 0.399 e. The molecule has 126 valence electrons. The number of pyridine rings is 1. The van der Waals surface area contributed by atoms with E-state index in [2.05, 4.69) is 10.3 Å². The smallest absolute Gasteiger partial charge is 0.203 e. The number of rotatable bonds is 2. The Kier molecular flexibility index (Phi) is 3.33. The van der Waals surface area contributed by atoms with Crippen molar-refractivity contribution in [2.45, 2.75) is 18.7 Å². The van der Waals surface area contributed by atoms with Gasteiger partial charge in [0.2, 0.25) is 9.84 Å². The Morgan fingerprint density at radius 3 is 2.64 bits per heavy atom. The van der Waals surface area contributed by atoms with Crippen LogP contribution in [0.1, 0.15) is 18.1 Å². The summed E-state index contributed by atoms with van der Waals surface area (Å²) in [6, 6.07) is 11.0. The number of aromatic nitrogens is 1. The number of nitrogens with one attached hydrogen (secondary N) is 1. The summed E-state index contributed by atoms with van der Waals surface area (Å²) in [4.78, 5) is 5.08. The predicted molar refractivity (Wildman–Crippen MR) is 101 cm³/mol. The van der Waals surface area contributed by atoms with Crippen molar-refractivity contribution in [3.63, 3.8) is 0 Å². The molecule has 0 spiro atoms. The Labute approximate surface area is 146 Å². The quantitative estimate of drug-likeness (QED) is 0.681. The van der Waals surface area contributed by atoms with Crippen molar-refractivity contribution in [1.29, 1.82) is 0 Å². The first-order valence-corrected chi connectivity index (χ1v) is 9.34. The van der Waals surface area contributed by atoms with Gasteiger partial charge in [-0.05, 0) is 61.4 Å². The fourth-order valence-electron chi connectivity index (χ4n) is 3.03. The van der Waals surface area contributed by atoms with Crippen molar-refractivity contribution in [2.75, 3.05) is 11.1 Å². The van der Waals surface area contributed by atoms with Crippen LogP contribution in [-0.2, 0) is 9.84 Å². The molecular weight excluding hydrogens is 334 g/mol. The van der Waals surface area contributed by atoms with Crippen LogP contribution >= 0.6 is 0 Å². The van der Waals surface area contributed by atoms with Crippen molar-refractivity contribution in [1.82, 2.24) is 4.98 Å². The van der Waals surface area contributed by atoms with E-state index < -0.39 is 9.84 Å². The van der Waals surface area contributed by atoms with Crippen LogP contribution in [0.5, 0.6) is 0 Å². The number of allylic oxidation sites excluding steroid dienone is 1. The molecule has 0 amide bonds. The number of nitrogen functional groups attached to an aromatic ring is 1. The van der Waals surface area contributed by atoms with Gasteiger partial charge in [-0.15, -0.1) is 0 Å². The van der Waals surface area contributed by atoms with Crippen molar-refractivity contribution in [3.8, 4) is 0 Å². The fourth-order valence-corrected chi connectivity index (χ4v) is 4.36. The number of nitrogens with zero attached hydrogens (tertiary/aromatic N) is 1. The van der Waals surface area contributed by atoms with E-state index in [0.717, 1.165) is 27.8 Å². The summed E-state index contributed by atoms with van der Waals surface area (Å²) in [6.07, 6.45) is 3.40. The molecule has 3 N–H and O–H groups in total. The van der Waals surface area contributed by atoms with Crippen LogP contribution in [-0.4, -0.2) is 13.4 Å². The highest BCUT2D eigenvalue weighted by Crippen LogP contribution is 2.37. The first-order chi connectivity index (χ1) is 11.9. The fraction of sp³-hybridized carbons (Fsp3) is 0.105. The molecule has 0 radical (unpaired) electrons. The number of benzene rings is 2. The lowest BCUT2D eigenvalue weighted by molar-refractivity contribution is 0.603. The lowest BCUT2D eigenvalue weighted by Gasteiger charge is -2.13. The third-order valence-electron chi connectivity index (χ3n) is 4.48. The predicted octanol–water partition coefficient (Wildman–Crippen LogP) is 4.02. The van der Waals surface area contributed by atoms with Gasteiger partial charge in [-0.1, -0.05) is 6.07 Å². The zero-order valence-electron chi connectivity index (χ0n) is 13.9. The van der Waals surface area contributed by atoms with E-state index in [1.54, 1.807) is 25.3 Å². The third kappa shape index (κ3) is 2.46. The average Bonchev–Trinajstić information content (AvgIpc) is 2.79. The van der Waals surface area contributed by atoms with Gasteiger partial charge in [0.05, 0.1) is 10.4 Å². The number of fused-ring (bicyclic) bond motifs is 2. The molecule has 0 aliphatic carbocycles. The molecule has 0 saturated carbocycles. The summed E-state index contributed by atoms with van der Waals surface area (Å²) in [5.74, 6) is 0. The van der Waals surface area contributed by atoms with E-state index in [4.69, 9.17) is 5.73 Å². The van der Waals surface area contributed by atoms with Crippen molar-refractivity contribution < 1.29 is 8.42 Å². The summed E-state index contributed by atoms with van der Waals surface area (Å²) < 4.78 is 24.9. The second-order valence-electron chi connectivity index (χ2n) is 6.22. The van der Waals surface area contributed by atoms with Gasteiger partial charge in [0.1, 0.15) is 0 Å². The zero-order chi connectivity index (χ0) is 17.8. The minimum Gasteiger partial charge on any atom is -0.399 e. The van der Waals surface area contributed by atoms with Crippen LogP contribution in [0.2, 0.25) is 0 Å². The summed E-state index contributed by atoms with van der Waals surface area (Å²) in [5, 5.41) is 4.11. The molecule has 2 aromatic carbocycles. The molecule has 3 aromatic rings. The van der Waals surface area contributed by atoms with Crippen molar-refractivity contribution >= 4 is 43.9 Å². The summed E-state index contributed by atoms with van der Waals surface area (Å²) in [5.41, 5.74) is 10.7. The normalized spacial score (nSPS) is 15.0. The molecule has 4 rings (SSSR count). The number of hydrogen-bond acceptors (Lipinski definition) is 5. The molecule has 1 aliphatic rings. The van der Waals surface area contributed by atoms with Crippen LogP contribution < -0.4 is 11.1 Å². The first kappa shape index (κ1) is 15.7. The van der Waals surface area contributed by atoms with E-state index in [0.29, 0.717) is 21.1 Å². The molecule has 0 unspecified atom stereocenters. The molecule has 0 atom stereocenters. The molecule has 5 nitrogen and oxygen atoms in total. The van der Waals surface area contributed by atoms with Crippen LogP contribution in [0.4, 0.5) is 17.1 Å². The van der Waals surface area contributed by atoms with E-state index >= 15 is 0 Å². The van der Waals surface area contributed by atoms with Gasteiger partial charge in [0, 0.05) is 33.6 Å². The number of sulfone groups is 1. The maximum absolute atomic E-state index is 12.5. The molecule has 25 heavy (non-hydrogen) atoms. The molecule has 0 bridgehead atoms. The van der Waals surface area contributed by atoms with Crippen molar-refractivity contribution in [2.24, 2.45) is 0 Å². The van der Waals surface area contributed by atoms with Gasteiger partial charge in [-0.3, -0.25) is 4.98 Å². The van der Waals surface area contributed by atoms with Crippen molar-refractivity contribution in [3.05, 3.63) is 58.6 Å². The summed E-state index contributed by atoms with van der Waals surface area (Å²) >= 11 is 0. The monoisotopic (exact) mass is 351 g/mol. The van der Waals surface area contributed by atoms with Crippen LogP contribution in [0.3, 0.4) is 0 Å². The SMILES string of the molecule is CC1=Cc2cc3nccc(Nc4cc(N)ccc4C)c3cc2S1(=O)=O. The number of aryl methyl sites for hydroxylation is 1. The highest BCUT2D eigenvalue weighted by molar-refractivity contribution is 7.95. The Bertz CT molecular complexity index is 1160. The number of anilines is 3. The topological polar surface area (TPSA) is 85.1 Å². The molecule has 1 aromatic heterocycles. The molecule has 1 aliphatic heterocycles. The molecule has 0 saturated heterocycles. The first-order valence-electron chi connectivity index (χ1n) is 7.85. The Hall–Kier alpha value is -2.86. The summed E-state index contributed by atoms with van der Waals surface area (Å²) in [6.45, 7) is 3.60. The minimum atomic E-state index is -3.39. The van der Waals surface area contributed by atoms with Crippen LogP contribution in [0, 0.1) is 6.92 Å². The Morgan fingerprint density at radius 1 is 1.04 bits per heavy atom. The minimum absolute atomic E-state index is 0.331. The standard InChI is InChI=1S/C19H17N3O2S/c1-11-3-4-14(20)9-17(11)22-16-5-6-21-18-8-13-7-12(2)25(23,24)19(13)10-15(16)18/h3-10H,20H2,1-2H3,(H,21,22).